The molecule has 0 aromatic heterocycles. The Morgan fingerprint density at radius 3 is 2.28 bits per heavy atom. The minimum atomic E-state index is -0.930. The predicted molar refractivity (Wildman–Crippen MR) is 73.8 cm³/mol. The predicted octanol–water partition coefficient (Wildman–Crippen LogP) is 3.80. The second-order valence-corrected chi connectivity index (χ2v) is 5.72. The van der Waals surface area contributed by atoms with Crippen molar-refractivity contribution in [1.29, 1.82) is 0 Å². The summed E-state index contributed by atoms with van der Waals surface area (Å²) in [7, 11) is -0.930. The second kappa shape index (κ2) is 5.62. The Balaban J connectivity index is 1.77. The van der Waals surface area contributed by atoms with Crippen molar-refractivity contribution in [1.82, 2.24) is 0 Å². The second-order valence-electron chi connectivity index (χ2n) is 4.22. The quantitative estimate of drug-likeness (QED) is 0.763. The lowest BCUT2D eigenvalue weighted by molar-refractivity contribution is 0.113. The molecular weight excluding hydrogens is 243 g/mol. The van der Waals surface area contributed by atoms with E-state index < -0.39 is 8.38 Å². The molecule has 0 saturated carbocycles. The lowest BCUT2D eigenvalue weighted by atomic mass is 10.1. The Labute approximate surface area is 108 Å². The van der Waals surface area contributed by atoms with E-state index in [0.29, 0.717) is 0 Å². The maximum Gasteiger partial charge on any atom is 0.205 e. The first-order valence-electron chi connectivity index (χ1n) is 6.13. The van der Waals surface area contributed by atoms with Crippen LogP contribution in [0.25, 0.3) is 0 Å². The monoisotopic (exact) mass is 258 g/mol. The maximum absolute atomic E-state index is 6.10. The molecular formula is C15H15O2P. The van der Waals surface area contributed by atoms with Crippen molar-refractivity contribution >= 4 is 13.7 Å². The molecule has 1 heterocycles. The summed E-state index contributed by atoms with van der Waals surface area (Å²) in [5.74, 6) is 0. The summed E-state index contributed by atoms with van der Waals surface area (Å²) in [6, 6.07) is 20.6. The van der Waals surface area contributed by atoms with Crippen LogP contribution >= 0.6 is 8.38 Å². The number of hydrogen-bond acceptors (Lipinski definition) is 2. The van der Waals surface area contributed by atoms with E-state index in [0.717, 1.165) is 18.3 Å². The van der Waals surface area contributed by atoms with Crippen molar-refractivity contribution in [3.8, 4) is 0 Å². The van der Waals surface area contributed by atoms with Crippen molar-refractivity contribution in [2.45, 2.75) is 12.5 Å². The van der Waals surface area contributed by atoms with Gasteiger partial charge in [0.25, 0.3) is 0 Å². The van der Waals surface area contributed by atoms with Gasteiger partial charge in [0.05, 0.1) is 12.7 Å². The fraction of sp³-hybridized carbons (Fsp3) is 0.200. The topological polar surface area (TPSA) is 18.5 Å². The molecule has 0 radical (unpaired) electrons. The normalized spacial score (nSPS) is 23.8. The molecule has 1 fully saturated rings. The van der Waals surface area contributed by atoms with Gasteiger partial charge in [-0.15, -0.1) is 0 Å². The van der Waals surface area contributed by atoms with Gasteiger partial charge in [-0.2, -0.15) is 0 Å². The molecule has 0 amide bonds. The minimum absolute atomic E-state index is 0.159. The highest BCUT2D eigenvalue weighted by Crippen LogP contribution is 2.47. The van der Waals surface area contributed by atoms with Gasteiger partial charge in [0.1, 0.15) is 0 Å². The summed E-state index contributed by atoms with van der Waals surface area (Å²) in [6.45, 7) is 0.764. The van der Waals surface area contributed by atoms with Gasteiger partial charge in [-0.25, -0.2) is 0 Å². The highest BCUT2D eigenvalue weighted by molar-refractivity contribution is 7.56. The Kier molecular flexibility index (Phi) is 3.70. The maximum atomic E-state index is 6.10. The molecule has 92 valence electrons. The zero-order valence-electron chi connectivity index (χ0n) is 10.0. The number of benzene rings is 2. The van der Waals surface area contributed by atoms with Crippen LogP contribution in [0.15, 0.2) is 60.7 Å². The fourth-order valence-electron chi connectivity index (χ4n) is 2.02. The third-order valence-electron chi connectivity index (χ3n) is 2.95. The summed E-state index contributed by atoms with van der Waals surface area (Å²) >= 11 is 0. The molecule has 1 aliphatic heterocycles. The third kappa shape index (κ3) is 2.62. The lowest BCUT2D eigenvalue weighted by Crippen LogP contribution is -2.16. The Morgan fingerprint density at radius 2 is 1.56 bits per heavy atom. The first-order chi connectivity index (χ1) is 8.93. The molecule has 3 heteroatoms. The molecule has 1 aliphatic rings. The first-order valence-corrected chi connectivity index (χ1v) is 7.31. The molecule has 3 rings (SSSR count). The van der Waals surface area contributed by atoms with Crippen LogP contribution in [0.3, 0.4) is 0 Å². The van der Waals surface area contributed by atoms with E-state index in [9.17, 15) is 0 Å². The van der Waals surface area contributed by atoms with Crippen LogP contribution in [0.4, 0.5) is 0 Å². The van der Waals surface area contributed by atoms with Crippen LogP contribution in [-0.4, -0.2) is 6.61 Å². The van der Waals surface area contributed by atoms with Crippen molar-refractivity contribution in [2.24, 2.45) is 0 Å². The van der Waals surface area contributed by atoms with E-state index in [2.05, 4.69) is 36.4 Å². The van der Waals surface area contributed by atoms with Crippen molar-refractivity contribution in [3.05, 3.63) is 66.2 Å². The molecule has 0 N–H and O–H groups in total. The van der Waals surface area contributed by atoms with E-state index in [1.54, 1.807) is 0 Å². The summed E-state index contributed by atoms with van der Waals surface area (Å²) in [4.78, 5) is 0. The van der Waals surface area contributed by atoms with Gasteiger partial charge in [0, 0.05) is 11.7 Å². The third-order valence-corrected chi connectivity index (χ3v) is 4.53. The first kappa shape index (κ1) is 11.9. The van der Waals surface area contributed by atoms with Gasteiger partial charge in [-0.1, -0.05) is 48.5 Å². The van der Waals surface area contributed by atoms with Crippen molar-refractivity contribution in [2.75, 3.05) is 6.61 Å². The van der Waals surface area contributed by atoms with Crippen molar-refractivity contribution in [3.63, 3.8) is 0 Å². The van der Waals surface area contributed by atoms with Crippen molar-refractivity contribution < 1.29 is 9.05 Å². The molecule has 0 spiro atoms. The van der Waals surface area contributed by atoms with E-state index in [1.165, 1.54) is 5.56 Å². The average Bonchev–Trinajstić information content (AvgIpc) is 2.49. The minimum Gasteiger partial charge on any atom is -0.330 e. The Bertz CT molecular complexity index is 441. The van der Waals surface area contributed by atoms with Gasteiger partial charge >= 0.3 is 0 Å². The summed E-state index contributed by atoms with van der Waals surface area (Å²) in [5, 5.41) is 1.15. The zero-order valence-corrected chi connectivity index (χ0v) is 10.9. The smallest absolute Gasteiger partial charge is 0.205 e. The standard InChI is InChI=1S/C15H15O2P/c1-3-7-13(8-4-1)15-11-12-16-18(17-15)14-9-5-2-6-10-14/h1-10,15H,11-12H2. The van der Waals surface area contributed by atoms with E-state index >= 15 is 0 Å². The Hall–Kier alpha value is -1.21. The van der Waals surface area contributed by atoms with Crippen LogP contribution in [-0.2, 0) is 9.05 Å². The molecule has 2 atom stereocenters. The van der Waals surface area contributed by atoms with Crippen LogP contribution < -0.4 is 5.30 Å². The lowest BCUT2D eigenvalue weighted by Gasteiger charge is -2.29. The summed E-state index contributed by atoms with van der Waals surface area (Å²) in [6.07, 6.45) is 1.08. The molecule has 18 heavy (non-hydrogen) atoms. The molecule has 2 aromatic carbocycles. The van der Waals surface area contributed by atoms with E-state index in [4.69, 9.17) is 9.05 Å². The van der Waals surface area contributed by atoms with Crippen LogP contribution in [0, 0.1) is 0 Å². The largest absolute Gasteiger partial charge is 0.330 e. The van der Waals surface area contributed by atoms with Gasteiger partial charge in [0.2, 0.25) is 8.38 Å². The van der Waals surface area contributed by atoms with Gasteiger partial charge in [-0.3, -0.25) is 0 Å². The number of hydrogen-bond donors (Lipinski definition) is 0. The molecule has 0 aliphatic carbocycles. The molecule has 2 unspecified atom stereocenters. The fourth-order valence-corrected chi connectivity index (χ4v) is 3.50. The average molecular weight is 258 g/mol. The van der Waals surface area contributed by atoms with E-state index in [-0.39, 0.29) is 6.10 Å². The molecule has 2 aromatic rings. The number of rotatable bonds is 2. The zero-order chi connectivity index (χ0) is 12.2. The Morgan fingerprint density at radius 1 is 0.889 bits per heavy atom. The highest BCUT2D eigenvalue weighted by Gasteiger charge is 2.26. The van der Waals surface area contributed by atoms with Crippen LogP contribution in [0.1, 0.15) is 18.1 Å². The highest BCUT2D eigenvalue weighted by atomic mass is 31.2. The molecule has 1 saturated heterocycles. The summed E-state index contributed by atoms with van der Waals surface area (Å²) in [5.41, 5.74) is 1.24. The molecule has 2 nitrogen and oxygen atoms in total. The van der Waals surface area contributed by atoms with Gasteiger partial charge in [-0.05, 0) is 17.7 Å². The van der Waals surface area contributed by atoms with Gasteiger partial charge in [0.15, 0.2) is 0 Å². The van der Waals surface area contributed by atoms with Crippen LogP contribution in [0.2, 0.25) is 0 Å². The summed E-state index contributed by atoms with van der Waals surface area (Å²) < 4.78 is 11.9. The molecule has 0 bridgehead atoms. The van der Waals surface area contributed by atoms with E-state index in [1.807, 2.05) is 24.3 Å². The van der Waals surface area contributed by atoms with Crippen LogP contribution in [0.5, 0.6) is 0 Å². The van der Waals surface area contributed by atoms with Gasteiger partial charge < -0.3 is 9.05 Å². The SMILES string of the molecule is c1ccc(C2CCOP(c3ccccc3)O2)cc1.